The van der Waals surface area contributed by atoms with Crippen molar-refractivity contribution in [1.29, 1.82) is 0 Å². The Morgan fingerprint density at radius 3 is 2.47 bits per heavy atom. The third kappa shape index (κ3) is 3.60. The Balaban J connectivity index is 1.97. The number of nitrogens with zero attached hydrogens (tertiary/aromatic N) is 1. The molecule has 1 heterocycles. The second kappa shape index (κ2) is 6.56. The van der Waals surface area contributed by atoms with E-state index in [0.29, 0.717) is 5.41 Å². The van der Waals surface area contributed by atoms with Gasteiger partial charge in [0.05, 0.1) is 0 Å². The Labute approximate surface area is 119 Å². The number of hydrogen-bond acceptors (Lipinski definition) is 1. The number of piperidine rings is 1. The lowest BCUT2D eigenvalue weighted by molar-refractivity contribution is 0.0653. The molecule has 1 heteroatoms. The van der Waals surface area contributed by atoms with Gasteiger partial charge in [-0.05, 0) is 36.3 Å². The Morgan fingerprint density at radius 2 is 1.84 bits per heavy atom. The zero-order valence-corrected chi connectivity index (χ0v) is 12.9. The molecule has 0 radical (unpaired) electrons. The van der Waals surface area contributed by atoms with E-state index in [1.807, 2.05) is 0 Å². The fourth-order valence-corrected chi connectivity index (χ4v) is 3.44. The van der Waals surface area contributed by atoms with E-state index >= 15 is 0 Å². The number of likely N-dealkylation sites (tertiary alicyclic amines) is 1. The zero-order valence-electron chi connectivity index (χ0n) is 12.9. The van der Waals surface area contributed by atoms with Crippen LogP contribution < -0.4 is 0 Å². The largest absolute Gasteiger partial charge is 0.299 e. The van der Waals surface area contributed by atoms with Gasteiger partial charge in [-0.1, -0.05) is 63.9 Å². The van der Waals surface area contributed by atoms with Crippen LogP contribution in [0.1, 0.15) is 52.0 Å². The first-order valence-electron chi connectivity index (χ1n) is 7.94. The van der Waals surface area contributed by atoms with Crippen molar-refractivity contribution in [3.63, 3.8) is 0 Å². The van der Waals surface area contributed by atoms with E-state index in [0.717, 1.165) is 12.5 Å². The quantitative estimate of drug-likeness (QED) is 0.739. The van der Waals surface area contributed by atoms with Crippen molar-refractivity contribution in [2.24, 2.45) is 11.3 Å². The minimum Gasteiger partial charge on any atom is -0.299 e. The fraction of sp³-hybridized carbons (Fsp3) is 0.667. The van der Waals surface area contributed by atoms with Crippen LogP contribution in [0.4, 0.5) is 0 Å². The molecule has 1 aromatic rings. The summed E-state index contributed by atoms with van der Waals surface area (Å²) in [5.74, 6) is 0.875. The van der Waals surface area contributed by atoms with Crippen molar-refractivity contribution in [2.45, 2.75) is 53.0 Å². The molecule has 1 fully saturated rings. The molecular weight excluding hydrogens is 230 g/mol. The molecule has 106 valence electrons. The Bertz CT molecular complexity index is 367. The molecule has 0 saturated carbocycles. The van der Waals surface area contributed by atoms with E-state index in [9.17, 15) is 0 Å². The highest BCUT2D eigenvalue weighted by Gasteiger charge is 2.33. The molecule has 0 aliphatic carbocycles. The summed E-state index contributed by atoms with van der Waals surface area (Å²) in [7, 11) is 0. The molecule has 0 amide bonds. The third-order valence-corrected chi connectivity index (χ3v) is 5.36. The van der Waals surface area contributed by atoms with Gasteiger partial charge < -0.3 is 0 Å². The minimum atomic E-state index is 0.537. The van der Waals surface area contributed by atoms with Gasteiger partial charge in [0.25, 0.3) is 0 Å². The molecule has 2 rings (SSSR count). The topological polar surface area (TPSA) is 3.24 Å². The van der Waals surface area contributed by atoms with Gasteiger partial charge in [0.2, 0.25) is 0 Å². The maximum Gasteiger partial charge on any atom is 0.0233 e. The molecule has 1 aliphatic heterocycles. The molecule has 0 spiro atoms. The van der Waals surface area contributed by atoms with Gasteiger partial charge in [0.15, 0.2) is 0 Å². The monoisotopic (exact) mass is 259 g/mol. The van der Waals surface area contributed by atoms with E-state index in [1.54, 1.807) is 0 Å². The van der Waals surface area contributed by atoms with Gasteiger partial charge in [-0.15, -0.1) is 0 Å². The van der Waals surface area contributed by atoms with Crippen molar-refractivity contribution in [1.82, 2.24) is 4.90 Å². The fourth-order valence-electron chi connectivity index (χ4n) is 3.44. The van der Waals surface area contributed by atoms with Gasteiger partial charge >= 0.3 is 0 Å². The molecule has 1 atom stereocenters. The molecule has 0 bridgehead atoms. The maximum atomic E-state index is 2.66. The minimum absolute atomic E-state index is 0.537. The van der Waals surface area contributed by atoms with Crippen LogP contribution in [0.25, 0.3) is 0 Å². The summed E-state index contributed by atoms with van der Waals surface area (Å²) >= 11 is 0. The lowest BCUT2D eigenvalue weighted by atomic mass is 9.70. The van der Waals surface area contributed by atoms with Gasteiger partial charge in [-0.25, -0.2) is 0 Å². The first-order chi connectivity index (χ1) is 9.18. The number of rotatable bonds is 5. The Hall–Kier alpha value is -0.820. The summed E-state index contributed by atoms with van der Waals surface area (Å²) < 4.78 is 0. The van der Waals surface area contributed by atoms with Crippen LogP contribution in [-0.2, 0) is 6.54 Å². The lowest BCUT2D eigenvalue weighted by Gasteiger charge is -2.43. The van der Waals surface area contributed by atoms with Crippen LogP contribution in [0.15, 0.2) is 30.3 Å². The molecule has 0 aromatic heterocycles. The molecule has 0 N–H and O–H groups in total. The highest BCUT2D eigenvalue weighted by molar-refractivity contribution is 5.14. The van der Waals surface area contributed by atoms with Crippen LogP contribution in [0, 0.1) is 11.3 Å². The van der Waals surface area contributed by atoms with Crippen LogP contribution in [0.2, 0.25) is 0 Å². The third-order valence-electron chi connectivity index (χ3n) is 5.36. The number of hydrogen-bond donors (Lipinski definition) is 0. The average molecular weight is 259 g/mol. The second-order valence-electron chi connectivity index (χ2n) is 6.42. The van der Waals surface area contributed by atoms with Crippen molar-refractivity contribution in [3.05, 3.63) is 35.9 Å². The summed E-state index contributed by atoms with van der Waals surface area (Å²) in [6.45, 7) is 10.9. The second-order valence-corrected chi connectivity index (χ2v) is 6.42. The number of benzene rings is 1. The molecule has 1 nitrogen and oxygen atoms in total. The normalized spacial score (nSPS) is 21.5. The summed E-state index contributed by atoms with van der Waals surface area (Å²) in [6, 6.07) is 10.9. The van der Waals surface area contributed by atoms with Crippen molar-refractivity contribution in [2.75, 3.05) is 13.1 Å². The van der Waals surface area contributed by atoms with E-state index in [4.69, 9.17) is 0 Å². The SMILES string of the molecule is CCC(C)(CC)C1CCCN(Cc2ccccc2)C1. The van der Waals surface area contributed by atoms with Crippen molar-refractivity contribution in [3.8, 4) is 0 Å². The Kier molecular flexibility index (Phi) is 5.04. The standard InChI is InChI=1S/C18H29N/c1-4-18(3,5-2)17-12-9-13-19(15-17)14-16-10-7-6-8-11-16/h6-8,10-11,17H,4-5,9,12-15H2,1-3H3. The zero-order chi connectivity index (χ0) is 13.7. The first-order valence-corrected chi connectivity index (χ1v) is 7.94. The molecule has 19 heavy (non-hydrogen) atoms. The predicted octanol–water partition coefficient (Wildman–Crippen LogP) is 4.72. The highest BCUT2D eigenvalue weighted by Crippen LogP contribution is 2.39. The summed E-state index contributed by atoms with van der Waals surface area (Å²) in [5.41, 5.74) is 1.99. The summed E-state index contributed by atoms with van der Waals surface area (Å²) in [6.07, 6.45) is 5.41. The van der Waals surface area contributed by atoms with E-state index in [1.165, 1.54) is 44.3 Å². The summed E-state index contributed by atoms with van der Waals surface area (Å²) in [4.78, 5) is 2.66. The average Bonchev–Trinajstić information content (AvgIpc) is 2.48. The molecule has 1 aliphatic rings. The van der Waals surface area contributed by atoms with Crippen LogP contribution in [-0.4, -0.2) is 18.0 Å². The molecular formula is C18H29N. The van der Waals surface area contributed by atoms with Gasteiger partial charge in [0, 0.05) is 13.1 Å². The highest BCUT2D eigenvalue weighted by atomic mass is 15.1. The smallest absolute Gasteiger partial charge is 0.0233 e. The van der Waals surface area contributed by atoms with Crippen molar-refractivity contribution < 1.29 is 0 Å². The molecule has 1 saturated heterocycles. The predicted molar refractivity (Wildman–Crippen MR) is 83.1 cm³/mol. The van der Waals surface area contributed by atoms with Crippen LogP contribution in [0.5, 0.6) is 0 Å². The maximum absolute atomic E-state index is 2.66. The van der Waals surface area contributed by atoms with E-state index in [2.05, 4.69) is 56.0 Å². The van der Waals surface area contributed by atoms with Crippen LogP contribution in [0.3, 0.4) is 0 Å². The van der Waals surface area contributed by atoms with Crippen LogP contribution >= 0.6 is 0 Å². The van der Waals surface area contributed by atoms with Crippen molar-refractivity contribution >= 4 is 0 Å². The van der Waals surface area contributed by atoms with E-state index in [-0.39, 0.29) is 0 Å². The summed E-state index contributed by atoms with van der Waals surface area (Å²) in [5, 5.41) is 0. The Morgan fingerprint density at radius 1 is 1.16 bits per heavy atom. The van der Waals surface area contributed by atoms with Gasteiger partial charge in [0.1, 0.15) is 0 Å². The molecule has 1 unspecified atom stereocenters. The van der Waals surface area contributed by atoms with Gasteiger partial charge in [-0.2, -0.15) is 0 Å². The van der Waals surface area contributed by atoms with Gasteiger partial charge in [-0.3, -0.25) is 4.90 Å². The molecule has 1 aromatic carbocycles. The first kappa shape index (κ1) is 14.6. The van der Waals surface area contributed by atoms with E-state index < -0.39 is 0 Å². The lowest BCUT2D eigenvalue weighted by Crippen LogP contribution is -2.41.